The van der Waals surface area contributed by atoms with E-state index < -0.39 is 0 Å². The molecule has 2 amide bonds. The van der Waals surface area contributed by atoms with E-state index >= 15 is 0 Å². The van der Waals surface area contributed by atoms with Gasteiger partial charge in [-0.1, -0.05) is 61.2 Å². The first-order valence-corrected chi connectivity index (χ1v) is 14.4. The molecule has 1 aromatic heterocycles. The molecule has 0 bridgehead atoms. The van der Waals surface area contributed by atoms with Gasteiger partial charge in [-0.25, -0.2) is 4.98 Å². The smallest absolute Gasteiger partial charge is 0.254 e. The monoisotopic (exact) mass is 530 g/mol. The number of oxazole rings is 1. The van der Waals surface area contributed by atoms with Crippen LogP contribution in [0.5, 0.6) is 0 Å². The fourth-order valence-corrected chi connectivity index (χ4v) is 5.29. The van der Waals surface area contributed by atoms with Crippen LogP contribution >= 0.6 is 0 Å². The van der Waals surface area contributed by atoms with Gasteiger partial charge in [0, 0.05) is 30.3 Å². The highest BCUT2D eigenvalue weighted by atomic mass is 16.3. The lowest BCUT2D eigenvalue weighted by Gasteiger charge is -2.23. The standard InChI is InChI=1S/C25H34N4O3.C7H8/c1-18-17-32-24(28-18)22-12-6-15-29(22)25(31)20-9-5-8-19(16-20)23(30)27-14-7-13-26-21-10-3-2-4-11-21;1-7-5-3-2-4-6-7/h5,8-9,16-17,21-22,26H,2-4,6-7,10-15H2,1H3,(H,27,30);2-6H,1H3. The Balaban J connectivity index is 0.000000438. The van der Waals surface area contributed by atoms with Gasteiger partial charge in [0.2, 0.25) is 5.89 Å². The minimum Gasteiger partial charge on any atom is -0.446 e. The molecule has 1 aliphatic carbocycles. The van der Waals surface area contributed by atoms with E-state index in [-0.39, 0.29) is 17.9 Å². The van der Waals surface area contributed by atoms with Gasteiger partial charge >= 0.3 is 0 Å². The first-order valence-electron chi connectivity index (χ1n) is 14.4. The maximum atomic E-state index is 13.2. The molecule has 0 radical (unpaired) electrons. The van der Waals surface area contributed by atoms with Crippen molar-refractivity contribution in [3.05, 3.63) is 89.1 Å². The number of nitrogens with zero attached hydrogens (tertiary/aromatic N) is 2. The maximum absolute atomic E-state index is 13.2. The summed E-state index contributed by atoms with van der Waals surface area (Å²) in [5.41, 5.74) is 3.17. The second-order valence-electron chi connectivity index (χ2n) is 10.6. The van der Waals surface area contributed by atoms with Crippen LogP contribution < -0.4 is 10.6 Å². The average molecular weight is 531 g/mol. The average Bonchev–Trinajstić information content (AvgIpc) is 3.63. The van der Waals surface area contributed by atoms with Crippen LogP contribution in [-0.2, 0) is 0 Å². The molecule has 0 spiro atoms. The van der Waals surface area contributed by atoms with E-state index in [4.69, 9.17) is 4.42 Å². The number of aromatic nitrogens is 1. The van der Waals surface area contributed by atoms with Crippen molar-refractivity contribution in [2.24, 2.45) is 0 Å². The van der Waals surface area contributed by atoms with E-state index in [1.165, 1.54) is 37.7 Å². The van der Waals surface area contributed by atoms with Crippen LogP contribution in [0.1, 0.15) is 95.3 Å². The summed E-state index contributed by atoms with van der Waals surface area (Å²) in [5, 5.41) is 6.58. The molecule has 7 heteroatoms. The molecule has 1 aliphatic heterocycles. The van der Waals surface area contributed by atoms with Crippen molar-refractivity contribution in [1.82, 2.24) is 20.5 Å². The Labute approximate surface area is 232 Å². The van der Waals surface area contributed by atoms with Crippen molar-refractivity contribution in [1.29, 1.82) is 0 Å². The lowest BCUT2D eigenvalue weighted by Crippen LogP contribution is -2.34. The number of amides is 2. The first-order chi connectivity index (χ1) is 19.0. The molecule has 2 aromatic carbocycles. The Kier molecular flexibility index (Phi) is 10.7. The zero-order valence-corrected chi connectivity index (χ0v) is 23.3. The van der Waals surface area contributed by atoms with Crippen molar-refractivity contribution in [3.63, 3.8) is 0 Å². The topological polar surface area (TPSA) is 87.5 Å². The van der Waals surface area contributed by atoms with Crippen LogP contribution in [0.2, 0.25) is 0 Å². The first kappa shape index (κ1) is 28.6. The molecular weight excluding hydrogens is 488 g/mol. The highest BCUT2D eigenvalue weighted by molar-refractivity contribution is 5.99. The summed E-state index contributed by atoms with van der Waals surface area (Å²) in [6.07, 6.45) is 10.8. The number of hydrogen-bond acceptors (Lipinski definition) is 5. The van der Waals surface area contributed by atoms with Gasteiger partial charge in [0.05, 0.1) is 5.69 Å². The quantitative estimate of drug-likeness (QED) is 0.349. The third kappa shape index (κ3) is 8.52. The summed E-state index contributed by atoms with van der Waals surface area (Å²) < 4.78 is 5.55. The van der Waals surface area contributed by atoms with Gasteiger partial charge in [-0.3, -0.25) is 9.59 Å². The number of carbonyl (C=O) groups is 2. The zero-order valence-electron chi connectivity index (χ0n) is 23.3. The van der Waals surface area contributed by atoms with Gasteiger partial charge in [0.1, 0.15) is 12.3 Å². The molecule has 2 fully saturated rings. The van der Waals surface area contributed by atoms with Gasteiger partial charge in [0.25, 0.3) is 11.8 Å². The van der Waals surface area contributed by atoms with Gasteiger partial charge in [-0.05, 0) is 70.7 Å². The Morgan fingerprint density at radius 1 is 0.923 bits per heavy atom. The van der Waals surface area contributed by atoms with Gasteiger partial charge in [-0.15, -0.1) is 0 Å². The Hall–Kier alpha value is -3.45. The normalized spacial score (nSPS) is 17.4. The van der Waals surface area contributed by atoms with Crippen LogP contribution in [0.15, 0.2) is 65.3 Å². The second-order valence-corrected chi connectivity index (χ2v) is 10.6. The number of hydrogen-bond donors (Lipinski definition) is 2. The molecule has 1 saturated heterocycles. The van der Waals surface area contributed by atoms with Gasteiger partial charge in [0.15, 0.2) is 0 Å². The largest absolute Gasteiger partial charge is 0.446 e. The van der Waals surface area contributed by atoms with Crippen LogP contribution in [0, 0.1) is 13.8 Å². The summed E-state index contributed by atoms with van der Waals surface area (Å²) in [6.45, 7) is 6.16. The Morgan fingerprint density at radius 2 is 1.69 bits per heavy atom. The molecule has 1 atom stereocenters. The Morgan fingerprint density at radius 3 is 2.38 bits per heavy atom. The summed E-state index contributed by atoms with van der Waals surface area (Å²) in [5.74, 6) is 0.359. The molecule has 5 rings (SSSR count). The predicted octanol–water partition coefficient (Wildman–Crippen LogP) is 6.00. The van der Waals surface area contributed by atoms with Gasteiger partial charge < -0.3 is 20.0 Å². The molecule has 2 N–H and O–H groups in total. The third-order valence-electron chi connectivity index (χ3n) is 7.42. The second kappa shape index (κ2) is 14.6. The molecule has 2 heterocycles. The Bertz CT molecular complexity index is 1190. The minimum absolute atomic E-state index is 0.0883. The van der Waals surface area contributed by atoms with Crippen molar-refractivity contribution in [3.8, 4) is 0 Å². The van der Waals surface area contributed by atoms with Crippen LogP contribution in [0.4, 0.5) is 0 Å². The van der Waals surface area contributed by atoms with Crippen molar-refractivity contribution in [2.75, 3.05) is 19.6 Å². The molecule has 3 aromatic rings. The number of aryl methyl sites for hydroxylation is 2. The number of benzene rings is 2. The fourth-order valence-electron chi connectivity index (χ4n) is 5.29. The minimum atomic E-state index is -0.148. The van der Waals surface area contributed by atoms with Crippen LogP contribution in [-0.4, -0.2) is 47.4 Å². The van der Waals surface area contributed by atoms with E-state index in [9.17, 15) is 9.59 Å². The zero-order chi connectivity index (χ0) is 27.5. The van der Waals surface area contributed by atoms with Gasteiger partial charge in [-0.2, -0.15) is 0 Å². The summed E-state index contributed by atoms with van der Waals surface area (Å²) in [6, 6.07) is 17.7. The van der Waals surface area contributed by atoms with Crippen molar-refractivity contribution in [2.45, 2.75) is 77.3 Å². The predicted molar refractivity (Wildman–Crippen MR) is 154 cm³/mol. The molecule has 7 nitrogen and oxygen atoms in total. The van der Waals surface area contributed by atoms with Crippen LogP contribution in [0.3, 0.4) is 0 Å². The highest BCUT2D eigenvalue weighted by Gasteiger charge is 2.33. The highest BCUT2D eigenvalue weighted by Crippen LogP contribution is 2.32. The van der Waals surface area contributed by atoms with E-state index in [0.717, 1.165) is 31.5 Å². The third-order valence-corrected chi connectivity index (χ3v) is 7.42. The van der Waals surface area contributed by atoms with Crippen molar-refractivity contribution >= 4 is 11.8 Å². The van der Waals surface area contributed by atoms with E-state index in [2.05, 4.69) is 34.7 Å². The van der Waals surface area contributed by atoms with E-state index in [1.807, 2.05) is 25.1 Å². The lowest BCUT2D eigenvalue weighted by molar-refractivity contribution is 0.0715. The molecule has 2 aliphatic rings. The SMILES string of the molecule is Cc1ccccc1.Cc1coc(C2CCCN2C(=O)c2cccc(C(=O)NCCCNC3CCCCC3)c2)n1. The van der Waals surface area contributed by atoms with Crippen LogP contribution in [0.25, 0.3) is 0 Å². The maximum Gasteiger partial charge on any atom is 0.254 e. The number of rotatable bonds is 8. The molecular formula is C32H42N4O3. The molecule has 1 saturated carbocycles. The molecule has 1 unspecified atom stereocenters. The van der Waals surface area contributed by atoms with Crippen molar-refractivity contribution < 1.29 is 14.0 Å². The number of nitrogens with one attached hydrogen (secondary N) is 2. The number of likely N-dealkylation sites (tertiary alicyclic amines) is 1. The van der Waals surface area contributed by atoms with E-state index in [0.29, 0.717) is 36.1 Å². The summed E-state index contributed by atoms with van der Waals surface area (Å²) in [7, 11) is 0. The van der Waals surface area contributed by atoms with E-state index in [1.54, 1.807) is 35.4 Å². The number of carbonyl (C=O) groups excluding carboxylic acids is 2. The summed E-state index contributed by atoms with van der Waals surface area (Å²) in [4.78, 5) is 32.0. The lowest BCUT2D eigenvalue weighted by atomic mass is 9.95. The molecule has 39 heavy (non-hydrogen) atoms. The molecule has 208 valence electrons. The summed E-state index contributed by atoms with van der Waals surface area (Å²) >= 11 is 0. The fraction of sp³-hybridized carbons (Fsp3) is 0.469.